The minimum absolute atomic E-state index is 0.374. The summed E-state index contributed by atoms with van der Waals surface area (Å²) >= 11 is 0. The first-order valence-electron chi connectivity index (χ1n) is 4.81. The summed E-state index contributed by atoms with van der Waals surface area (Å²) in [4.78, 5) is 2.17. The van der Waals surface area contributed by atoms with E-state index in [2.05, 4.69) is 42.7 Å². The molecule has 0 aliphatic carbocycles. The average molecular weight is 189 g/mol. The van der Waals surface area contributed by atoms with Crippen LogP contribution in [0.15, 0.2) is 36.7 Å². The number of rotatable bonds is 2. The highest BCUT2D eigenvalue weighted by Crippen LogP contribution is 2.35. The fourth-order valence-corrected chi connectivity index (χ4v) is 2.00. The lowest BCUT2D eigenvalue weighted by molar-refractivity contribution is 0.131. The smallest absolute Gasteiger partial charge is 0.182 e. The van der Waals surface area contributed by atoms with Gasteiger partial charge in [0.1, 0.15) is 0 Å². The average Bonchev–Trinajstić information content (AvgIpc) is 2.56. The first kappa shape index (κ1) is 9.13. The Hall–Kier alpha value is -1.44. The molecule has 1 heterocycles. The second kappa shape index (κ2) is 3.37. The largest absolute Gasteiger partial charge is 0.483 e. The van der Waals surface area contributed by atoms with Crippen LogP contribution in [0, 0.1) is 0 Å². The molecular weight excluding hydrogens is 174 g/mol. The van der Waals surface area contributed by atoms with Crippen LogP contribution in [0.3, 0.4) is 0 Å². The molecule has 1 unspecified atom stereocenters. The highest BCUT2D eigenvalue weighted by atomic mass is 16.5. The molecule has 0 saturated heterocycles. The topological polar surface area (TPSA) is 12.5 Å². The van der Waals surface area contributed by atoms with Crippen LogP contribution in [-0.2, 0) is 11.3 Å². The van der Waals surface area contributed by atoms with Crippen LogP contribution >= 0.6 is 0 Å². The van der Waals surface area contributed by atoms with Gasteiger partial charge in [-0.15, -0.1) is 0 Å². The number of benzene rings is 1. The van der Waals surface area contributed by atoms with Gasteiger partial charge in [-0.2, -0.15) is 0 Å². The molecule has 2 rings (SSSR count). The molecule has 1 aliphatic heterocycles. The van der Waals surface area contributed by atoms with E-state index >= 15 is 0 Å². The summed E-state index contributed by atoms with van der Waals surface area (Å²) in [6.45, 7) is 6.98. The van der Waals surface area contributed by atoms with Crippen LogP contribution in [0.25, 0.3) is 0 Å². The quantitative estimate of drug-likeness (QED) is 0.663. The third-order valence-corrected chi connectivity index (χ3v) is 2.87. The summed E-state index contributed by atoms with van der Waals surface area (Å²) < 4.78 is 5.17. The van der Waals surface area contributed by atoms with E-state index in [0.717, 1.165) is 12.4 Å². The van der Waals surface area contributed by atoms with Crippen molar-refractivity contribution in [1.29, 1.82) is 0 Å². The maximum Gasteiger partial charge on any atom is 0.182 e. The van der Waals surface area contributed by atoms with Crippen LogP contribution in [0.2, 0.25) is 0 Å². The first-order chi connectivity index (χ1) is 6.74. The molecule has 2 nitrogen and oxygen atoms in total. The molecule has 0 aromatic heterocycles. The summed E-state index contributed by atoms with van der Waals surface area (Å²) in [5.74, 6) is 0.744. The summed E-state index contributed by atoms with van der Waals surface area (Å²) in [6.07, 6.45) is 0. The molecule has 0 amide bonds. The van der Waals surface area contributed by atoms with Gasteiger partial charge in [0.25, 0.3) is 0 Å². The predicted molar refractivity (Wildman–Crippen MR) is 56.5 cm³/mol. The van der Waals surface area contributed by atoms with Crippen molar-refractivity contribution in [2.24, 2.45) is 0 Å². The second-order valence-corrected chi connectivity index (χ2v) is 3.60. The van der Waals surface area contributed by atoms with Gasteiger partial charge in [0.2, 0.25) is 0 Å². The molecule has 1 aromatic rings. The molecule has 1 aliphatic rings. The van der Waals surface area contributed by atoms with Crippen molar-refractivity contribution >= 4 is 0 Å². The van der Waals surface area contributed by atoms with Crippen molar-refractivity contribution in [3.63, 3.8) is 0 Å². The summed E-state index contributed by atoms with van der Waals surface area (Å²) in [5.41, 5.74) is 2.75. The Morgan fingerprint density at radius 3 is 2.86 bits per heavy atom. The van der Waals surface area contributed by atoms with Crippen molar-refractivity contribution in [1.82, 2.24) is 4.90 Å². The third-order valence-electron chi connectivity index (χ3n) is 2.87. The Morgan fingerprint density at radius 2 is 2.21 bits per heavy atom. The lowest BCUT2D eigenvalue weighted by Crippen LogP contribution is -2.19. The molecular formula is C12H15NO. The Labute approximate surface area is 84.8 Å². The van der Waals surface area contributed by atoms with Gasteiger partial charge in [-0.1, -0.05) is 24.3 Å². The molecule has 2 heteroatoms. The van der Waals surface area contributed by atoms with E-state index in [0.29, 0.717) is 6.04 Å². The van der Waals surface area contributed by atoms with Gasteiger partial charge in [-0.3, -0.25) is 0 Å². The highest BCUT2D eigenvalue weighted by Gasteiger charge is 2.27. The summed E-state index contributed by atoms with van der Waals surface area (Å²) in [5, 5.41) is 0. The molecule has 0 spiro atoms. The fraction of sp³-hybridized carbons (Fsp3) is 0.333. The molecule has 0 radical (unpaired) electrons. The monoisotopic (exact) mass is 189 g/mol. The lowest BCUT2D eigenvalue weighted by Gasteiger charge is -2.24. The van der Waals surface area contributed by atoms with Crippen LogP contribution in [0.1, 0.15) is 24.1 Å². The maximum atomic E-state index is 5.17. The molecule has 0 bridgehead atoms. The zero-order valence-electron chi connectivity index (χ0n) is 8.66. The fourth-order valence-electron chi connectivity index (χ4n) is 2.00. The Kier molecular flexibility index (Phi) is 2.20. The molecule has 0 fully saturated rings. The zero-order valence-corrected chi connectivity index (χ0v) is 8.66. The molecule has 0 saturated carbocycles. The minimum Gasteiger partial charge on any atom is -0.483 e. The lowest BCUT2D eigenvalue weighted by atomic mass is 10.1. The molecule has 14 heavy (non-hydrogen) atoms. The number of hydrogen-bond acceptors (Lipinski definition) is 2. The Morgan fingerprint density at radius 1 is 1.50 bits per heavy atom. The van der Waals surface area contributed by atoms with Crippen LogP contribution in [-0.4, -0.2) is 12.0 Å². The summed E-state index contributed by atoms with van der Waals surface area (Å²) in [6, 6.07) is 8.86. The SMILES string of the molecule is C=C(OC)N1Cc2ccccc2C1C. The van der Waals surface area contributed by atoms with Crippen LogP contribution in [0.5, 0.6) is 0 Å². The number of methoxy groups -OCH3 is 1. The van der Waals surface area contributed by atoms with Gasteiger partial charge in [-0.25, -0.2) is 0 Å². The number of fused-ring (bicyclic) bond motifs is 1. The van der Waals surface area contributed by atoms with E-state index in [1.165, 1.54) is 11.1 Å². The zero-order chi connectivity index (χ0) is 10.1. The van der Waals surface area contributed by atoms with Crippen molar-refractivity contribution in [2.45, 2.75) is 19.5 Å². The first-order valence-corrected chi connectivity index (χ1v) is 4.81. The van der Waals surface area contributed by atoms with Crippen LogP contribution < -0.4 is 0 Å². The van der Waals surface area contributed by atoms with Gasteiger partial charge in [-0.05, 0) is 24.6 Å². The summed E-state index contributed by atoms with van der Waals surface area (Å²) in [7, 11) is 1.66. The molecule has 74 valence electrons. The molecule has 1 aromatic carbocycles. The molecule has 0 N–H and O–H groups in total. The number of nitrogens with zero attached hydrogens (tertiary/aromatic N) is 1. The minimum atomic E-state index is 0.374. The van der Waals surface area contributed by atoms with Gasteiger partial charge in [0.05, 0.1) is 13.2 Å². The van der Waals surface area contributed by atoms with E-state index in [9.17, 15) is 0 Å². The second-order valence-electron chi connectivity index (χ2n) is 3.60. The van der Waals surface area contributed by atoms with Crippen molar-refractivity contribution < 1.29 is 4.74 Å². The molecule has 1 atom stereocenters. The van der Waals surface area contributed by atoms with Gasteiger partial charge in [0, 0.05) is 6.54 Å². The van der Waals surface area contributed by atoms with Crippen LogP contribution in [0.4, 0.5) is 0 Å². The van der Waals surface area contributed by atoms with E-state index in [4.69, 9.17) is 4.74 Å². The van der Waals surface area contributed by atoms with Crippen molar-refractivity contribution in [2.75, 3.05) is 7.11 Å². The number of hydrogen-bond donors (Lipinski definition) is 0. The van der Waals surface area contributed by atoms with E-state index in [-0.39, 0.29) is 0 Å². The van der Waals surface area contributed by atoms with Gasteiger partial charge in [0.15, 0.2) is 5.88 Å². The Balaban J connectivity index is 2.30. The highest BCUT2D eigenvalue weighted by molar-refractivity contribution is 5.34. The normalized spacial score (nSPS) is 19.3. The number of ether oxygens (including phenoxy) is 1. The van der Waals surface area contributed by atoms with E-state index < -0.39 is 0 Å². The van der Waals surface area contributed by atoms with Gasteiger partial charge >= 0.3 is 0 Å². The van der Waals surface area contributed by atoms with E-state index in [1.807, 2.05) is 0 Å². The third kappa shape index (κ3) is 1.27. The van der Waals surface area contributed by atoms with Crippen molar-refractivity contribution in [3.05, 3.63) is 47.9 Å². The maximum absolute atomic E-state index is 5.17. The Bertz CT molecular complexity index is 359. The standard InChI is InChI=1S/C12H15NO/c1-9-12-7-5-4-6-11(12)8-13(9)10(2)14-3/h4-7,9H,2,8H2,1,3H3. The van der Waals surface area contributed by atoms with Crippen molar-refractivity contribution in [3.8, 4) is 0 Å². The van der Waals surface area contributed by atoms with E-state index in [1.54, 1.807) is 7.11 Å². The van der Waals surface area contributed by atoms with Gasteiger partial charge < -0.3 is 9.64 Å². The predicted octanol–water partition coefficient (Wildman–Crippen LogP) is 2.68.